The predicted molar refractivity (Wildman–Crippen MR) is 118 cm³/mol. The number of guanidine groups is 1. The van der Waals surface area contributed by atoms with Gasteiger partial charge in [-0.1, -0.05) is 62.4 Å². The van der Waals surface area contributed by atoms with Crippen LogP contribution in [0.2, 0.25) is 0 Å². The standard InChI is InChI=1S/C24H25N3/c1-4-16(2)19-8-5-9-20(15-19)26-24(25)27(3)22-14-13-18-12-11-17-7-6-10-21(22)23(17)18/h5-16H,4H2,1-3H3,(H2,25,26). The van der Waals surface area contributed by atoms with E-state index >= 15 is 0 Å². The van der Waals surface area contributed by atoms with Gasteiger partial charge in [0.05, 0.1) is 5.69 Å². The molecule has 0 radical (unpaired) electrons. The van der Waals surface area contributed by atoms with Crippen molar-refractivity contribution in [1.29, 1.82) is 5.41 Å². The van der Waals surface area contributed by atoms with Crippen LogP contribution in [0.3, 0.4) is 0 Å². The lowest BCUT2D eigenvalue weighted by atomic mass is 9.98. The summed E-state index contributed by atoms with van der Waals surface area (Å²) in [5.74, 6) is 0.880. The van der Waals surface area contributed by atoms with Crippen LogP contribution in [-0.2, 0) is 0 Å². The highest BCUT2D eigenvalue weighted by atomic mass is 15.3. The number of hydrogen-bond donors (Lipinski definition) is 2. The van der Waals surface area contributed by atoms with E-state index < -0.39 is 0 Å². The highest BCUT2D eigenvalue weighted by Crippen LogP contribution is 2.36. The second kappa shape index (κ2) is 6.92. The summed E-state index contributed by atoms with van der Waals surface area (Å²) in [5.41, 5.74) is 5.79. The van der Waals surface area contributed by atoms with Crippen LogP contribution in [0.4, 0.5) is 11.4 Å². The van der Waals surface area contributed by atoms with Crippen molar-refractivity contribution in [2.45, 2.75) is 26.2 Å². The van der Waals surface area contributed by atoms with Crippen LogP contribution in [0, 0.1) is 5.41 Å². The minimum Gasteiger partial charge on any atom is -0.326 e. The molecule has 1 atom stereocenters. The van der Waals surface area contributed by atoms with Crippen LogP contribution in [0.5, 0.6) is 0 Å². The van der Waals surface area contributed by atoms with Crippen molar-refractivity contribution < 1.29 is 0 Å². The van der Waals surface area contributed by atoms with E-state index in [1.54, 1.807) is 0 Å². The molecule has 136 valence electrons. The Balaban J connectivity index is 1.62. The Morgan fingerprint density at radius 2 is 1.78 bits per heavy atom. The average Bonchev–Trinajstić information content (AvgIpc) is 3.12. The first kappa shape index (κ1) is 17.3. The van der Waals surface area contributed by atoms with E-state index in [4.69, 9.17) is 5.41 Å². The molecule has 1 aliphatic rings. The van der Waals surface area contributed by atoms with Gasteiger partial charge in [0.2, 0.25) is 0 Å². The maximum Gasteiger partial charge on any atom is 0.199 e. The van der Waals surface area contributed by atoms with Crippen molar-refractivity contribution in [1.82, 2.24) is 0 Å². The molecule has 0 saturated heterocycles. The minimum absolute atomic E-state index is 0.364. The van der Waals surface area contributed by atoms with Crippen LogP contribution in [0.25, 0.3) is 22.9 Å². The number of nitrogens with zero attached hydrogens (tertiary/aromatic N) is 1. The Hall–Kier alpha value is -3.07. The zero-order valence-corrected chi connectivity index (χ0v) is 16.1. The van der Waals surface area contributed by atoms with Gasteiger partial charge in [-0.05, 0) is 52.6 Å². The van der Waals surface area contributed by atoms with Gasteiger partial charge in [-0.25, -0.2) is 0 Å². The molecule has 0 saturated carbocycles. The number of benzene rings is 3. The number of anilines is 2. The summed E-state index contributed by atoms with van der Waals surface area (Å²) in [6, 6.07) is 19.0. The molecular formula is C24H25N3. The summed E-state index contributed by atoms with van der Waals surface area (Å²) < 4.78 is 0. The quantitative estimate of drug-likeness (QED) is 0.332. The first-order valence-corrected chi connectivity index (χ1v) is 9.51. The normalized spacial score (nSPS) is 13.0. The Morgan fingerprint density at radius 1 is 1.04 bits per heavy atom. The molecule has 2 N–H and O–H groups in total. The monoisotopic (exact) mass is 355 g/mol. The van der Waals surface area contributed by atoms with Crippen molar-refractivity contribution in [3.05, 3.63) is 71.3 Å². The second-order valence-corrected chi connectivity index (χ2v) is 7.24. The van der Waals surface area contributed by atoms with Crippen LogP contribution < -0.4 is 10.2 Å². The fourth-order valence-electron chi connectivity index (χ4n) is 3.70. The van der Waals surface area contributed by atoms with Gasteiger partial charge >= 0.3 is 0 Å². The van der Waals surface area contributed by atoms with Gasteiger partial charge in [0.15, 0.2) is 5.96 Å². The molecule has 3 aromatic rings. The van der Waals surface area contributed by atoms with E-state index in [0.29, 0.717) is 11.9 Å². The smallest absolute Gasteiger partial charge is 0.199 e. The average molecular weight is 355 g/mol. The van der Waals surface area contributed by atoms with Crippen molar-refractivity contribution in [2.24, 2.45) is 0 Å². The third-order valence-electron chi connectivity index (χ3n) is 5.55. The van der Waals surface area contributed by atoms with Crippen molar-refractivity contribution in [3.63, 3.8) is 0 Å². The van der Waals surface area contributed by atoms with E-state index in [-0.39, 0.29) is 0 Å². The second-order valence-electron chi connectivity index (χ2n) is 7.24. The highest BCUT2D eigenvalue weighted by molar-refractivity contribution is 6.14. The lowest BCUT2D eigenvalue weighted by Crippen LogP contribution is -2.32. The fourth-order valence-corrected chi connectivity index (χ4v) is 3.70. The molecule has 0 bridgehead atoms. The molecule has 0 amide bonds. The molecule has 27 heavy (non-hydrogen) atoms. The molecular weight excluding hydrogens is 330 g/mol. The topological polar surface area (TPSA) is 39.1 Å². The minimum atomic E-state index is 0.364. The van der Waals surface area contributed by atoms with Crippen molar-refractivity contribution >= 4 is 40.3 Å². The molecule has 0 heterocycles. The number of nitrogens with one attached hydrogen (secondary N) is 2. The summed E-state index contributed by atoms with van der Waals surface area (Å²) >= 11 is 0. The van der Waals surface area contributed by atoms with Crippen molar-refractivity contribution in [2.75, 3.05) is 17.3 Å². The van der Waals surface area contributed by atoms with Crippen molar-refractivity contribution in [3.8, 4) is 0 Å². The zero-order valence-electron chi connectivity index (χ0n) is 16.1. The lowest BCUT2D eigenvalue weighted by molar-refractivity contribution is 0.734. The SMILES string of the molecule is CCC(C)c1cccc(NC(=N)N(C)c2ccc3c4c(cccc24)C=C3)c1. The summed E-state index contributed by atoms with van der Waals surface area (Å²) in [5, 5.41) is 14.3. The Kier molecular flexibility index (Phi) is 4.44. The van der Waals surface area contributed by atoms with Gasteiger partial charge in [0.1, 0.15) is 0 Å². The number of hydrogen-bond acceptors (Lipinski definition) is 1. The maximum absolute atomic E-state index is 8.59. The molecule has 1 unspecified atom stereocenters. The predicted octanol–water partition coefficient (Wildman–Crippen LogP) is 6.32. The Bertz CT molecular complexity index is 1040. The van der Waals surface area contributed by atoms with Crippen LogP contribution in [-0.4, -0.2) is 13.0 Å². The summed E-state index contributed by atoms with van der Waals surface area (Å²) in [4.78, 5) is 1.91. The molecule has 0 aliphatic heterocycles. The van der Waals surface area contributed by atoms with Gasteiger partial charge < -0.3 is 10.2 Å². The van der Waals surface area contributed by atoms with E-state index in [0.717, 1.165) is 17.8 Å². The van der Waals surface area contributed by atoms with Gasteiger partial charge in [0, 0.05) is 18.1 Å². The fraction of sp³-hybridized carbons (Fsp3) is 0.208. The molecule has 0 aromatic heterocycles. The third kappa shape index (κ3) is 3.10. The third-order valence-corrected chi connectivity index (χ3v) is 5.55. The van der Waals surface area contributed by atoms with Crippen LogP contribution in [0.15, 0.2) is 54.6 Å². The summed E-state index contributed by atoms with van der Waals surface area (Å²) in [6.45, 7) is 4.43. The molecule has 0 fully saturated rings. The maximum atomic E-state index is 8.59. The largest absolute Gasteiger partial charge is 0.326 e. The van der Waals surface area contributed by atoms with Gasteiger partial charge in [0.25, 0.3) is 0 Å². The van der Waals surface area contributed by atoms with E-state index in [1.807, 2.05) is 18.0 Å². The van der Waals surface area contributed by atoms with Crippen LogP contribution >= 0.6 is 0 Å². The molecule has 4 rings (SSSR count). The van der Waals surface area contributed by atoms with E-state index in [2.05, 4.69) is 79.8 Å². The Morgan fingerprint density at radius 3 is 2.56 bits per heavy atom. The molecule has 3 heteroatoms. The van der Waals surface area contributed by atoms with E-state index in [9.17, 15) is 0 Å². The van der Waals surface area contributed by atoms with Gasteiger partial charge in [-0.3, -0.25) is 5.41 Å². The van der Waals surface area contributed by atoms with E-state index in [1.165, 1.54) is 27.5 Å². The van der Waals surface area contributed by atoms with Crippen LogP contribution in [0.1, 0.15) is 42.9 Å². The van der Waals surface area contributed by atoms with Gasteiger partial charge in [-0.15, -0.1) is 0 Å². The zero-order chi connectivity index (χ0) is 19.0. The first-order valence-electron chi connectivity index (χ1n) is 9.51. The first-order chi connectivity index (χ1) is 13.1. The highest BCUT2D eigenvalue weighted by Gasteiger charge is 2.16. The summed E-state index contributed by atoms with van der Waals surface area (Å²) in [7, 11) is 1.94. The molecule has 3 aromatic carbocycles. The number of rotatable bonds is 4. The lowest BCUT2D eigenvalue weighted by Gasteiger charge is -2.23. The van der Waals surface area contributed by atoms with Gasteiger partial charge in [-0.2, -0.15) is 0 Å². The molecule has 3 nitrogen and oxygen atoms in total. The Labute approximate surface area is 160 Å². The summed E-state index contributed by atoms with van der Waals surface area (Å²) in [6.07, 6.45) is 5.42. The molecule has 1 aliphatic carbocycles. The molecule has 0 spiro atoms.